The molecule has 1 aliphatic carbocycles. The van der Waals surface area contributed by atoms with Gasteiger partial charge in [-0.15, -0.1) is 0 Å². The molecule has 9 heteroatoms. The molecular formula is C19H19F2N5O2. The van der Waals surface area contributed by atoms with Crippen LogP contribution in [0.5, 0.6) is 0 Å². The van der Waals surface area contributed by atoms with Gasteiger partial charge in [-0.1, -0.05) is 23.4 Å². The largest absolute Gasteiger partial charge is 0.345 e. The number of carbonyl (C=O) groups excluding carboxylic acids is 1. The molecule has 28 heavy (non-hydrogen) atoms. The zero-order valence-electron chi connectivity index (χ0n) is 15.7. The van der Waals surface area contributed by atoms with E-state index in [-0.39, 0.29) is 23.2 Å². The lowest BCUT2D eigenvalue weighted by molar-refractivity contribution is 0.0826. The van der Waals surface area contributed by atoms with Gasteiger partial charge in [0.05, 0.1) is 5.41 Å². The van der Waals surface area contributed by atoms with E-state index in [0.717, 1.165) is 23.1 Å². The van der Waals surface area contributed by atoms with E-state index in [1.54, 1.807) is 20.2 Å². The number of nitrogens with zero attached hydrogens (tertiary/aromatic N) is 5. The van der Waals surface area contributed by atoms with Gasteiger partial charge in [-0.25, -0.2) is 8.78 Å². The van der Waals surface area contributed by atoms with Gasteiger partial charge in [0, 0.05) is 26.7 Å². The van der Waals surface area contributed by atoms with Gasteiger partial charge in [-0.05, 0) is 30.5 Å². The Morgan fingerprint density at radius 3 is 2.61 bits per heavy atom. The third-order valence-corrected chi connectivity index (χ3v) is 5.04. The Labute approximate surface area is 160 Å². The lowest BCUT2D eigenvalue weighted by Gasteiger charge is -2.18. The van der Waals surface area contributed by atoms with Crippen LogP contribution in [0.25, 0.3) is 11.6 Å². The van der Waals surface area contributed by atoms with Crippen LogP contribution in [0.2, 0.25) is 0 Å². The predicted molar refractivity (Wildman–Crippen MR) is 95.9 cm³/mol. The highest BCUT2D eigenvalue weighted by molar-refractivity contribution is 5.96. The minimum absolute atomic E-state index is 0.0835. The summed E-state index contributed by atoms with van der Waals surface area (Å²) in [7, 11) is 4.84. The molecule has 0 saturated heterocycles. The maximum absolute atomic E-state index is 13.0. The highest BCUT2D eigenvalue weighted by atomic mass is 19.3. The Bertz CT molecular complexity index is 1040. The van der Waals surface area contributed by atoms with Gasteiger partial charge >= 0.3 is 0 Å². The van der Waals surface area contributed by atoms with Crippen molar-refractivity contribution in [1.29, 1.82) is 0 Å². The summed E-state index contributed by atoms with van der Waals surface area (Å²) in [5.74, 6) is 0.419. The number of hydrogen-bond donors (Lipinski definition) is 0. The molecule has 1 amide bonds. The smallest absolute Gasteiger partial charge is 0.280 e. The number of aromatic nitrogens is 4. The van der Waals surface area contributed by atoms with E-state index in [0.29, 0.717) is 11.4 Å². The summed E-state index contributed by atoms with van der Waals surface area (Å²) in [6, 6.07) is 8.61. The maximum Gasteiger partial charge on any atom is 0.280 e. The molecule has 1 aromatic carbocycles. The quantitative estimate of drug-likeness (QED) is 0.672. The number of aryl methyl sites for hydroxylation is 1. The van der Waals surface area contributed by atoms with E-state index in [2.05, 4.69) is 15.2 Å². The second-order valence-electron chi connectivity index (χ2n) is 7.13. The van der Waals surface area contributed by atoms with Crippen molar-refractivity contribution < 1.29 is 18.1 Å². The summed E-state index contributed by atoms with van der Waals surface area (Å²) in [6.45, 7) is 0. The number of rotatable bonds is 5. The molecule has 1 saturated carbocycles. The molecule has 0 unspecified atom stereocenters. The maximum atomic E-state index is 13.0. The molecule has 0 aliphatic heterocycles. The third-order valence-electron chi connectivity index (χ3n) is 5.04. The molecule has 1 aliphatic rings. The van der Waals surface area contributed by atoms with Gasteiger partial charge in [-0.2, -0.15) is 10.1 Å². The first kappa shape index (κ1) is 18.3. The Morgan fingerprint density at radius 1 is 1.29 bits per heavy atom. The van der Waals surface area contributed by atoms with Crippen molar-refractivity contribution in [2.75, 3.05) is 14.1 Å². The van der Waals surface area contributed by atoms with Crippen LogP contribution in [0, 0.1) is 0 Å². The van der Waals surface area contributed by atoms with E-state index in [1.807, 2.05) is 18.2 Å². The van der Waals surface area contributed by atoms with Gasteiger partial charge in [0.2, 0.25) is 0 Å². The van der Waals surface area contributed by atoms with Gasteiger partial charge in [-0.3, -0.25) is 9.48 Å². The van der Waals surface area contributed by atoms with Crippen molar-refractivity contribution in [2.45, 2.75) is 24.7 Å². The second kappa shape index (κ2) is 6.50. The van der Waals surface area contributed by atoms with E-state index < -0.39 is 11.8 Å². The van der Waals surface area contributed by atoms with Crippen LogP contribution in [0.3, 0.4) is 0 Å². The fourth-order valence-corrected chi connectivity index (χ4v) is 3.38. The highest BCUT2D eigenvalue weighted by Crippen LogP contribution is 2.53. The predicted octanol–water partition coefficient (Wildman–Crippen LogP) is 3.19. The second-order valence-corrected chi connectivity index (χ2v) is 7.13. The molecule has 2 aromatic heterocycles. The monoisotopic (exact) mass is 387 g/mol. The van der Waals surface area contributed by atoms with Crippen molar-refractivity contribution >= 4 is 5.91 Å². The Balaban J connectivity index is 1.72. The van der Waals surface area contributed by atoms with E-state index >= 15 is 0 Å². The van der Waals surface area contributed by atoms with Crippen LogP contribution in [0.4, 0.5) is 8.78 Å². The van der Waals surface area contributed by atoms with Crippen LogP contribution < -0.4 is 0 Å². The Morgan fingerprint density at radius 2 is 2.00 bits per heavy atom. The number of amides is 1. The average molecular weight is 387 g/mol. The van der Waals surface area contributed by atoms with Crippen LogP contribution in [-0.2, 0) is 12.5 Å². The summed E-state index contributed by atoms with van der Waals surface area (Å²) in [4.78, 5) is 18.5. The normalized spacial score (nSPS) is 15.1. The number of carbonyl (C=O) groups is 1. The molecular weight excluding hydrogens is 368 g/mol. The van der Waals surface area contributed by atoms with Crippen molar-refractivity contribution in [2.24, 2.45) is 7.05 Å². The summed E-state index contributed by atoms with van der Waals surface area (Å²) >= 11 is 0. The summed E-state index contributed by atoms with van der Waals surface area (Å²) in [6.07, 6.45) is -1.10. The van der Waals surface area contributed by atoms with Crippen LogP contribution in [0.15, 0.2) is 34.9 Å². The highest BCUT2D eigenvalue weighted by Gasteiger charge is 2.51. The SMILES string of the molecule is CN(C)C(=O)c1ccccc1C1(c2noc(-c3cc(C(F)F)n(C)n3)n2)CC1. The van der Waals surface area contributed by atoms with Gasteiger partial charge in [0.15, 0.2) is 11.5 Å². The number of benzene rings is 1. The molecule has 0 radical (unpaired) electrons. The molecule has 0 atom stereocenters. The fourth-order valence-electron chi connectivity index (χ4n) is 3.38. The Hall–Kier alpha value is -3.10. The van der Waals surface area contributed by atoms with Gasteiger partial charge in [0.1, 0.15) is 5.69 Å². The van der Waals surface area contributed by atoms with Crippen molar-refractivity contribution in [1.82, 2.24) is 24.8 Å². The lowest BCUT2D eigenvalue weighted by atomic mass is 9.90. The van der Waals surface area contributed by atoms with E-state index in [4.69, 9.17) is 4.52 Å². The minimum atomic E-state index is -2.65. The molecule has 0 bridgehead atoms. The molecule has 1 fully saturated rings. The van der Waals surface area contributed by atoms with Crippen molar-refractivity contribution in [3.05, 3.63) is 53.0 Å². The van der Waals surface area contributed by atoms with E-state index in [1.165, 1.54) is 18.0 Å². The summed E-state index contributed by atoms with van der Waals surface area (Å²) in [5.41, 5.74) is 0.900. The third kappa shape index (κ3) is 2.87. The van der Waals surface area contributed by atoms with Crippen molar-refractivity contribution in [3.63, 3.8) is 0 Å². The molecule has 3 aromatic rings. The first-order valence-electron chi connectivity index (χ1n) is 8.81. The number of halogens is 2. The topological polar surface area (TPSA) is 77.0 Å². The molecule has 4 rings (SSSR count). The Kier molecular flexibility index (Phi) is 4.24. The standard InChI is InChI=1S/C19H19F2N5O2/c1-25(2)17(27)11-6-4-5-7-12(11)19(8-9-19)18-22-16(28-24-18)13-10-14(15(20)21)26(3)23-13/h4-7,10,15H,8-9H2,1-3H3. The van der Waals surface area contributed by atoms with Crippen molar-refractivity contribution in [3.8, 4) is 11.6 Å². The van der Waals surface area contributed by atoms with E-state index in [9.17, 15) is 13.6 Å². The van der Waals surface area contributed by atoms with Crippen LogP contribution in [0.1, 0.15) is 46.7 Å². The van der Waals surface area contributed by atoms with Gasteiger partial charge in [0.25, 0.3) is 18.2 Å². The zero-order chi connectivity index (χ0) is 20.1. The molecule has 0 spiro atoms. The average Bonchev–Trinajstić information content (AvgIpc) is 3.14. The molecule has 146 valence electrons. The lowest BCUT2D eigenvalue weighted by Crippen LogP contribution is -2.25. The minimum Gasteiger partial charge on any atom is -0.345 e. The summed E-state index contributed by atoms with van der Waals surface area (Å²) in [5, 5.41) is 8.12. The summed E-state index contributed by atoms with van der Waals surface area (Å²) < 4.78 is 32.4. The first-order valence-corrected chi connectivity index (χ1v) is 8.81. The van der Waals surface area contributed by atoms with Crippen LogP contribution in [-0.4, -0.2) is 44.8 Å². The zero-order valence-corrected chi connectivity index (χ0v) is 15.7. The van der Waals surface area contributed by atoms with Crippen LogP contribution >= 0.6 is 0 Å². The number of hydrogen-bond acceptors (Lipinski definition) is 5. The molecule has 7 nitrogen and oxygen atoms in total. The molecule has 2 heterocycles. The van der Waals surface area contributed by atoms with Gasteiger partial charge < -0.3 is 9.42 Å². The molecule has 0 N–H and O–H groups in total. The first-order chi connectivity index (χ1) is 13.3. The fraction of sp³-hybridized carbons (Fsp3) is 0.368. The number of alkyl halides is 2.